The van der Waals surface area contributed by atoms with Crippen molar-refractivity contribution >= 4 is 22.4 Å². The number of hydrogen-bond donors (Lipinski definition) is 1. The molecule has 5 heteroatoms. The Morgan fingerprint density at radius 1 is 1.14 bits per heavy atom. The number of benzene rings is 2. The number of nitrogens with zero attached hydrogens (tertiary/aromatic N) is 2. The van der Waals surface area contributed by atoms with Gasteiger partial charge in [0, 0.05) is 28.9 Å². The van der Waals surface area contributed by atoms with E-state index in [-0.39, 0.29) is 5.91 Å². The highest BCUT2D eigenvalue weighted by Crippen LogP contribution is 2.29. The Morgan fingerprint density at radius 2 is 1.91 bits per heavy atom. The molecule has 0 radical (unpaired) electrons. The molecule has 0 bridgehead atoms. The quantitative estimate of drug-likeness (QED) is 0.805. The molecule has 0 atom stereocenters. The van der Waals surface area contributed by atoms with Gasteiger partial charge < -0.3 is 10.1 Å². The van der Waals surface area contributed by atoms with E-state index in [4.69, 9.17) is 4.74 Å². The molecule has 1 heterocycles. The third-order valence-corrected chi connectivity index (χ3v) is 3.35. The maximum Gasteiger partial charge on any atom is 0.221 e. The van der Waals surface area contributed by atoms with Crippen LogP contribution in [0.15, 0.2) is 48.7 Å². The summed E-state index contributed by atoms with van der Waals surface area (Å²) >= 11 is 0. The number of amides is 1. The fourth-order valence-corrected chi connectivity index (χ4v) is 2.31. The van der Waals surface area contributed by atoms with Gasteiger partial charge in [0.05, 0.1) is 13.3 Å². The first-order valence-corrected chi connectivity index (χ1v) is 6.85. The first-order valence-electron chi connectivity index (χ1n) is 6.85. The van der Waals surface area contributed by atoms with E-state index in [2.05, 4.69) is 15.5 Å². The second-order valence-corrected chi connectivity index (χ2v) is 4.90. The number of hydrogen-bond acceptors (Lipinski definition) is 4. The summed E-state index contributed by atoms with van der Waals surface area (Å²) < 4.78 is 5.28. The lowest BCUT2D eigenvalue weighted by Gasteiger charge is -2.08. The molecular formula is C17H15N3O2. The third kappa shape index (κ3) is 2.74. The molecule has 2 aromatic carbocycles. The van der Waals surface area contributed by atoms with Crippen molar-refractivity contribution < 1.29 is 9.53 Å². The summed E-state index contributed by atoms with van der Waals surface area (Å²) in [6.45, 7) is 1.48. The van der Waals surface area contributed by atoms with Gasteiger partial charge in [-0.15, -0.1) is 5.10 Å². The summed E-state index contributed by atoms with van der Waals surface area (Å²) in [5.41, 5.74) is 2.47. The van der Waals surface area contributed by atoms with Gasteiger partial charge in [-0.25, -0.2) is 0 Å². The van der Waals surface area contributed by atoms with Crippen LogP contribution >= 0.6 is 0 Å². The van der Waals surface area contributed by atoms with Gasteiger partial charge in [-0.3, -0.25) is 4.79 Å². The molecule has 0 spiro atoms. The maximum absolute atomic E-state index is 11.1. The Morgan fingerprint density at radius 3 is 2.59 bits per heavy atom. The number of carbonyl (C=O) groups excluding carboxylic acids is 1. The van der Waals surface area contributed by atoms with Crippen molar-refractivity contribution in [3.05, 3.63) is 48.7 Å². The highest BCUT2D eigenvalue weighted by molar-refractivity contribution is 5.95. The molecule has 5 nitrogen and oxygen atoms in total. The molecule has 1 N–H and O–H groups in total. The van der Waals surface area contributed by atoms with Crippen LogP contribution in [0.3, 0.4) is 0 Å². The van der Waals surface area contributed by atoms with Gasteiger partial charge in [0.25, 0.3) is 0 Å². The largest absolute Gasteiger partial charge is 0.497 e. The molecule has 0 unspecified atom stereocenters. The van der Waals surface area contributed by atoms with Gasteiger partial charge in [0.15, 0.2) is 0 Å². The third-order valence-electron chi connectivity index (χ3n) is 3.35. The summed E-state index contributed by atoms with van der Waals surface area (Å²) in [5.74, 6) is 0.680. The van der Waals surface area contributed by atoms with Crippen molar-refractivity contribution in [2.45, 2.75) is 6.92 Å². The molecule has 0 fully saturated rings. The lowest BCUT2D eigenvalue weighted by molar-refractivity contribution is -0.114. The number of aromatic nitrogens is 2. The SMILES string of the molecule is COc1ccc2cnnc(-c3ccc(NC(C)=O)cc3)c2c1. The Hall–Kier alpha value is -2.95. The monoisotopic (exact) mass is 293 g/mol. The van der Waals surface area contributed by atoms with Crippen molar-refractivity contribution in [2.75, 3.05) is 12.4 Å². The van der Waals surface area contributed by atoms with E-state index in [9.17, 15) is 4.79 Å². The summed E-state index contributed by atoms with van der Waals surface area (Å²) in [6, 6.07) is 13.3. The van der Waals surface area contributed by atoms with Crippen LogP contribution < -0.4 is 10.1 Å². The van der Waals surface area contributed by atoms with E-state index in [1.165, 1.54) is 6.92 Å². The van der Waals surface area contributed by atoms with Crippen molar-refractivity contribution in [3.8, 4) is 17.0 Å². The average molecular weight is 293 g/mol. The summed E-state index contributed by atoms with van der Waals surface area (Å²) in [4.78, 5) is 11.1. The van der Waals surface area contributed by atoms with Crippen molar-refractivity contribution in [1.29, 1.82) is 0 Å². The van der Waals surface area contributed by atoms with Gasteiger partial charge in [-0.05, 0) is 30.3 Å². The summed E-state index contributed by atoms with van der Waals surface area (Å²) in [7, 11) is 1.64. The minimum Gasteiger partial charge on any atom is -0.497 e. The van der Waals surface area contributed by atoms with Crippen LogP contribution in [0.25, 0.3) is 22.0 Å². The molecule has 0 aliphatic heterocycles. The lowest BCUT2D eigenvalue weighted by atomic mass is 10.0. The minimum absolute atomic E-state index is 0.0950. The predicted octanol–water partition coefficient (Wildman–Crippen LogP) is 3.26. The van der Waals surface area contributed by atoms with Gasteiger partial charge in [0.1, 0.15) is 11.4 Å². The van der Waals surface area contributed by atoms with E-state index in [1.807, 2.05) is 42.5 Å². The first kappa shape index (κ1) is 14.0. The highest BCUT2D eigenvalue weighted by atomic mass is 16.5. The van der Waals surface area contributed by atoms with Crippen LogP contribution in [0.5, 0.6) is 5.75 Å². The van der Waals surface area contributed by atoms with E-state index in [0.717, 1.165) is 33.5 Å². The molecule has 0 saturated heterocycles. The number of carbonyl (C=O) groups is 1. The topological polar surface area (TPSA) is 64.1 Å². The molecular weight excluding hydrogens is 278 g/mol. The molecule has 0 saturated carbocycles. The van der Waals surface area contributed by atoms with E-state index in [1.54, 1.807) is 13.3 Å². The normalized spacial score (nSPS) is 10.5. The molecule has 1 aromatic heterocycles. The van der Waals surface area contributed by atoms with E-state index >= 15 is 0 Å². The molecule has 110 valence electrons. The number of ether oxygens (including phenoxy) is 1. The van der Waals surface area contributed by atoms with Crippen molar-refractivity contribution in [3.63, 3.8) is 0 Å². The van der Waals surface area contributed by atoms with Crippen molar-refractivity contribution in [1.82, 2.24) is 10.2 Å². The molecule has 0 aliphatic carbocycles. The minimum atomic E-state index is -0.0950. The lowest BCUT2D eigenvalue weighted by Crippen LogP contribution is -2.05. The fourth-order valence-electron chi connectivity index (χ4n) is 2.31. The van der Waals surface area contributed by atoms with Crippen LogP contribution in [0, 0.1) is 0 Å². The van der Waals surface area contributed by atoms with Gasteiger partial charge >= 0.3 is 0 Å². The van der Waals surface area contributed by atoms with Crippen LogP contribution in [0.4, 0.5) is 5.69 Å². The van der Waals surface area contributed by atoms with Gasteiger partial charge in [-0.2, -0.15) is 5.10 Å². The molecule has 22 heavy (non-hydrogen) atoms. The Kier molecular flexibility index (Phi) is 3.70. The fraction of sp³-hybridized carbons (Fsp3) is 0.118. The van der Waals surface area contributed by atoms with Gasteiger partial charge in [0.2, 0.25) is 5.91 Å². The number of anilines is 1. The Balaban J connectivity index is 2.07. The molecule has 3 aromatic rings. The molecule has 1 amide bonds. The van der Waals surface area contributed by atoms with Crippen molar-refractivity contribution in [2.24, 2.45) is 0 Å². The Labute approximate surface area is 127 Å². The summed E-state index contributed by atoms with van der Waals surface area (Å²) in [6.07, 6.45) is 1.73. The van der Waals surface area contributed by atoms with Crippen LogP contribution in [-0.4, -0.2) is 23.2 Å². The number of rotatable bonds is 3. The van der Waals surface area contributed by atoms with Crippen LogP contribution in [0.2, 0.25) is 0 Å². The van der Waals surface area contributed by atoms with Crippen LogP contribution in [-0.2, 0) is 4.79 Å². The zero-order chi connectivity index (χ0) is 15.5. The average Bonchev–Trinajstić information content (AvgIpc) is 2.54. The summed E-state index contributed by atoms with van der Waals surface area (Å²) in [5, 5.41) is 13.0. The zero-order valence-electron chi connectivity index (χ0n) is 12.3. The van der Waals surface area contributed by atoms with E-state index < -0.39 is 0 Å². The second kappa shape index (κ2) is 5.81. The number of methoxy groups -OCH3 is 1. The van der Waals surface area contributed by atoms with Gasteiger partial charge in [-0.1, -0.05) is 12.1 Å². The van der Waals surface area contributed by atoms with Crippen LogP contribution in [0.1, 0.15) is 6.92 Å². The first-order chi connectivity index (χ1) is 10.7. The van der Waals surface area contributed by atoms with E-state index in [0.29, 0.717) is 0 Å². The zero-order valence-corrected chi connectivity index (χ0v) is 12.3. The Bertz CT molecular complexity index is 829. The molecule has 3 rings (SSSR count). The smallest absolute Gasteiger partial charge is 0.221 e. The highest BCUT2D eigenvalue weighted by Gasteiger charge is 2.08. The standard InChI is InChI=1S/C17H15N3O2/c1-11(21)19-14-6-3-12(4-7-14)17-16-9-15(22-2)8-5-13(16)10-18-20-17/h3-10H,1-2H3,(H,19,21). The predicted molar refractivity (Wildman–Crippen MR) is 85.8 cm³/mol. The molecule has 0 aliphatic rings. The number of fused-ring (bicyclic) bond motifs is 1. The number of nitrogens with one attached hydrogen (secondary N) is 1. The maximum atomic E-state index is 11.1. The second-order valence-electron chi connectivity index (χ2n) is 4.90.